The number of methoxy groups -OCH3 is 1. The van der Waals surface area contributed by atoms with E-state index in [9.17, 15) is 4.57 Å². The Labute approximate surface area is 201 Å². The van der Waals surface area contributed by atoms with E-state index in [1.165, 1.54) is 17.5 Å². The fourth-order valence-corrected chi connectivity index (χ4v) is 5.51. The molecule has 10 heteroatoms. The number of rotatable bonds is 7. The van der Waals surface area contributed by atoms with E-state index in [1.807, 2.05) is 55.5 Å². The van der Waals surface area contributed by atoms with Gasteiger partial charge in [0.2, 0.25) is 5.95 Å². The molecule has 2 aromatic heterocycles. The van der Waals surface area contributed by atoms with Crippen LogP contribution in [0.4, 0.5) is 22.6 Å². The van der Waals surface area contributed by atoms with Crippen LogP contribution in [0.15, 0.2) is 54.7 Å². The summed E-state index contributed by atoms with van der Waals surface area (Å²) in [5.41, 5.74) is 2.65. The summed E-state index contributed by atoms with van der Waals surface area (Å²) in [6, 6.07) is 15.3. The molecule has 170 valence electrons. The SMILES string of the molecule is COc1ccc(-c2sc(Nc3ncc(Cl)c(Nc4ccccc4P(C)(C)=O)n3)nc2C)cc1. The highest BCUT2D eigenvalue weighted by Crippen LogP contribution is 2.39. The fraction of sp³-hybridized carbons (Fsp3) is 0.174. The average Bonchev–Trinajstić information content (AvgIpc) is 3.15. The van der Waals surface area contributed by atoms with Gasteiger partial charge >= 0.3 is 0 Å². The third-order valence-corrected chi connectivity index (χ3v) is 7.80. The van der Waals surface area contributed by atoms with E-state index in [2.05, 4.69) is 25.6 Å². The van der Waals surface area contributed by atoms with E-state index < -0.39 is 7.14 Å². The first-order valence-electron chi connectivity index (χ1n) is 10.1. The zero-order valence-corrected chi connectivity index (χ0v) is 21.1. The van der Waals surface area contributed by atoms with Crippen molar-refractivity contribution in [3.8, 4) is 16.2 Å². The van der Waals surface area contributed by atoms with Gasteiger partial charge in [0.05, 0.1) is 29.6 Å². The molecule has 2 aromatic carbocycles. The predicted octanol–water partition coefficient (Wildman–Crippen LogP) is 6.31. The first kappa shape index (κ1) is 23.2. The molecular weight excluding hydrogens is 477 g/mol. The molecule has 4 aromatic rings. The molecule has 0 saturated heterocycles. The Morgan fingerprint density at radius 2 is 1.76 bits per heavy atom. The van der Waals surface area contributed by atoms with Crippen molar-refractivity contribution in [2.75, 3.05) is 31.1 Å². The number of nitrogens with one attached hydrogen (secondary N) is 2. The second-order valence-electron chi connectivity index (χ2n) is 7.67. The van der Waals surface area contributed by atoms with Gasteiger partial charge < -0.3 is 14.6 Å². The standard InChI is InChI=1S/C23H23ClN5O2PS/c1-14-20(15-9-11-16(31-2)12-10-15)33-23(26-14)29-22-25-13-17(24)21(28-22)27-18-7-5-6-8-19(18)32(3,4)30/h5-13H,1-4H3,(H2,25,26,27,28,29). The topological polar surface area (TPSA) is 89.0 Å². The Bertz CT molecular complexity index is 1340. The molecule has 0 unspecified atom stereocenters. The van der Waals surface area contributed by atoms with Crippen LogP contribution in [0.5, 0.6) is 5.75 Å². The van der Waals surface area contributed by atoms with Crippen molar-refractivity contribution in [2.45, 2.75) is 6.92 Å². The van der Waals surface area contributed by atoms with Gasteiger partial charge in [0.25, 0.3) is 0 Å². The first-order valence-corrected chi connectivity index (χ1v) is 13.9. The van der Waals surface area contributed by atoms with Crippen LogP contribution in [0.1, 0.15) is 5.69 Å². The number of para-hydroxylation sites is 1. The van der Waals surface area contributed by atoms with Crippen LogP contribution >= 0.6 is 30.1 Å². The summed E-state index contributed by atoms with van der Waals surface area (Å²) < 4.78 is 17.9. The normalized spacial score (nSPS) is 11.3. The van der Waals surface area contributed by atoms with Gasteiger partial charge in [-0.2, -0.15) is 4.98 Å². The quantitative estimate of drug-likeness (QED) is 0.288. The van der Waals surface area contributed by atoms with Gasteiger partial charge in [0.1, 0.15) is 17.9 Å². The highest BCUT2D eigenvalue weighted by atomic mass is 35.5. The fourth-order valence-electron chi connectivity index (χ4n) is 3.25. The van der Waals surface area contributed by atoms with Crippen LogP contribution < -0.4 is 20.7 Å². The Morgan fingerprint density at radius 1 is 1.03 bits per heavy atom. The van der Waals surface area contributed by atoms with Gasteiger partial charge in [-0.3, -0.25) is 5.32 Å². The van der Waals surface area contributed by atoms with E-state index in [0.29, 0.717) is 27.6 Å². The summed E-state index contributed by atoms with van der Waals surface area (Å²) in [6.07, 6.45) is 1.52. The van der Waals surface area contributed by atoms with E-state index >= 15 is 0 Å². The lowest BCUT2D eigenvalue weighted by atomic mass is 10.1. The molecule has 0 atom stereocenters. The van der Waals surface area contributed by atoms with Crippen LogP contribution in [-0.2, 0) is 4.57 Å². The second-order valence-corrected chi connectivity index (χ2v) is 12.3. The first-order chi connectivity index (χ1) is 15.7. The number of aromatic nitrogens is 3. The van der Waals surface area contributed by atoms with Gasteiger partial charge in [-0.25, -0.2) is 9.97 Å². The average molecular weight is 500 g/mol. The molecule has 33 heavy (non-hydrogen) atoms. The third kappa shape index (κ3) is 5.36. The molecule has 2 heterocycles. The number of hydrogen-bond acceptors (Lipinski definition) is 8. The molecule has 0 aliphatic heterocycles. The van der Waals surface area contributed by atoms with Crippen molar-refractivity contribution < 1.29 is 9.30 Å². The highest BCUT2D eigenvalue weighted by Gasteiger charge is 2.17. The largest absolute Gasteiger partial charge is 0.497 e. The Balaban J connectivity index is 1.59. The van der Waals surface area contributed by atoms with Crippen LogP contribution in [0.25, 0.3) is 10.4 Å². The van der Waals surface area contributed by atoms with Crippen molar-refractivity contribution in [3.05, 3.63) is 65.4 Å². The van der Waals surface area contributed by atoms with Crippen molar-refractivity contribution in [1.29, 1.82) is 0 Å². The molecule has 0 bridgehead atoms. The number of thiazole rings is 1. The van der Waals surface area contributed by atoms with E-state index in [4.69, 9.17) is 16.3 Å². The molecule has 7 nitrogen and oxygen atoms in total. The Kier molecular flexibility index (Phi) is 6.70. The van der Waals surface area contributed by atoms with E-state index in [0.717, 1.165) is 27.2 Å². The number of anilines is 4. The molecule has 0 amide bonds. The lowest BCUT2D eigenvalue weighted by Gasteiger charge is -2.15. The van der Waals surface area contributed by atoms with Crippen LogP contribution in [0, 0.1) is 6.92 Å². The van der Waals surface area contributed by atoms with Crippen molar-refractivity contribution in [1.82, 2.24) is 15.0 Å². The van der Waals surface area contributed by atoms with Crippen LogP contribution in [-0.4, -0.2) is 35.4 Å². The molecule has 0 radical (unpaired) electrons. The summed E-state index contributed by atoms with van der Waals surface area (Å²) >= 11 is 7.85. The van der Waals surface area contributed by atoms with Crippen molar-refractivity contribution in [3.63, 3.8) is 0 Å². The number of hydrogen-bond donors (Lipinski definition) is 2. The molecule has 0 spiro atoms. The summed E-state index contributed by atoms with van der Waals surface area (Å²) in [5, 5.41) is 8.11. The monoisotopic (exact) mass is 499 g/mol. The zero-order valence-electron chi connectivity index (χ0n) is 18.6. The van der Waals surface area contributed by atoms with E-state index in [1.54, 1.807) is 20.4 Å². The smallest absolute Gasteiger partial charge is 0.231 e. The zero-order chi connectivity index (χ0) is 23.6. The minimum absolute atomic E-state index is 0.352. The maximum absolute atomic E-state index is 12.7. The Hall–Kier alpha value is -2.93. The summed E-state index contributed by atoms with van der Waals surface area (Å²) in [5.74, 6) is 1.57. The molecule has 0 aliphatic rings. The van der Waals surface area contributed by atoms with Crippen LogP contribution in [0.3, 0.4) is 0 Å². The minimum Gasteiger partial charge on any atom is -0.497 e. The lowest BCUT2D eigenvalue weighted by Crippen LogP contribution is -2.10. The van der Waals surface area contributed by atoms with Crippen LogP contribution in [0.2, 0.25) is 5.02 Å². The summed E-state index contributed by atoms with van der Waals surface area (Å²) in [6.45, 7) is 5.42. The number of benzene rings is 2. The van der Waals surface area contributed by atoms with Gasteiger partial charge in [-0.1, -0.05) is 35.1 Å². The molecule has 0 saturated carbocycles. The second kappa shape index (κ2) is 9.51. The predicted molar refractivity (Wildman–Crippen MR) is 138 cm³/mol. The summed E-state index contributed by atoms with van der Waals surface area (Å²) in [7, 11) is -0.848. The molecule has 0 fully saturated rings. The number of ether oxygens (including phenoxy) is 1. The third-order valence-electron chi connectivity index (χ3n) is 4.85. The minimum atomic E-state index is -2.49. The highest BCUT2D eigenvalue weighted by molar-refractivity contribution is 7.70. The van der Waals surface area contributed by atoms with Gasteiger partial charge in [0.15, 0.2) is 10.9 Å². The van der Waals surface area contributed by atoms with Crippen molar-refractivity contribution >= 4 is 58.0 Å². The van der Waals surface area contributed by atoms with E-state index in [-0.39, 0.29) is 0 Å². The molecule has 2 N–H and O–H groups in total. The molecule has 4 rings (SSSR count). The van der Waals surface area contributed by atoms with Crippen molar-refractivity contribution in [2.24, 2.45) is 0 Å². The maximum atomic E-state index is 12.7. The molecular formula is C23H23ClN5O2PS. The summed E-state index contributed by atoms with van der Waals surface area (Å²) in [4.78, 5) is 14.5. The van der Waals surface area contributed by atoms with Gasteiger partial charge in [-0.05, 0) is 62.2 Å². The number of halogens is 1. The Morgan fingerprint density at radius 3 is 2.45 bits per heavy atom. The lowest BCUT2D eigenvalue weighted by molar-refractivity contribution is 0.415. The van der Waals surface area contributed by atoms with Gasteiger partial charge in [-0.15, -0.1) is 0 Å². The number of nitrogens with zero attached hydrogens (tertiary/aromatic N) is 3. The number of aryl methyl sites for hydroxylation is 1. The van der Waals surface area contributed by atoms with Gasteiger partial charge in [0, 0.05) is 5.30 Å². The maximum Gasteiger partial charge on any atom is 0.231 e. The molecule has 0 aliphatic carbocycles.